The molecular formula is C29H15NO4. The summed E-state index contributed by atoms with van der Waals surface area (Å²) in [7, 11) is 0. The van der Waals surface area contributed by atoms with Crippen LogP contribution in [-0.4, -0.2) is 4.98 Å². The van der Waals surface area contributed by atoms with Gasteiger partial charge in [0.25, 0.3) is 0 Å². The second-order valence-corrected chi connectivity index (χ2v) is 8.78. The Bertz CT molecular complexity index is 2270. The van der Waals surface area contributed by atoms with E-state index in [0.717, 1.165) is 16.5 Å². The minimum absolute atomic E-state index is 0.0169. The van der Waals surface area contributed by atoms with E-state index >= 15 is 0 Å². The van der Waals surface area contributed by atoms with Gasteiger partial charge in [-0.25, -0.2) is 0 Å². The maximum Gasteiger partial charge on any atom is 0.196 e. The average Bonchev–Trinajstić information content (AvgIpc) is 3.25. The van der Waals surface area contributed by atoms with Gasteiger partial charge in [0.2, 0.25) is 0 Å². The molecule has 0 saturated carbocycles. The Hall–Kier alpha value is -4.64. The molecular weight excluding hydrogens is 426 g/mol. The van der Waals surface area contributed by atoms with Crippen LogP contribution in [0.5, 0.6) is 0 Å². The van der Waals surface area contributed by atoms with Crippen LogP contribution in [0.25, 0.3) is 64.9 Å². The van der Waals surface area contributed by atoms with E-state index in [9.17, 15) is 19.2 Å². The molecule has 7 aromatic rings. The Morgan fingerprint density at radius 1 is 0.441 bits per heavy atom. The van der Waals surface area contributed by atoms with E-state index in [4.69, 9.17) is 0 Å². The number of aryl methyl sites for hydroxylation is 1. The van der Waals surface area contributed by atoms with Crippen molar-refractivity contribution in [2.24, 2.45) is 0 Å². The molecule has 0 amide bonds. The fourth-order valence-electron chi connectivity index (χ4n) is 5.52. The number of fused-ring (bicyclic) bond motifs is 10. The Balaban J connectivity index is 2.03. The first kappa shape index (κ1) is 18.9. The third-order valence-electron chi connectivity index (χ3n) is 7.03. The van der Waals surface area contributed by atoms with Crippen LogP contribution in [0.1, 0.15) is 5.56 Å². The smallest absolute Gasteiger partial charge is 0.196 e. The maximum atomic E-state index is 13.9. The van der Waals surface area contributed by atoms with Crippen LogP contribution in [0.4, 0.5) is 0 Å². The first-order chi connectivity index (χ1) is 16.5. The van der Waals surface area contributed by atoms with E-state index in [-0.39, 0.29) is 43.2 Å². The zero-order chi connectivity index (χ0) is 23.3. The highest BCUT2D eigenvalue weighted by Gasteiger charge is 2.25. The molecule has 0 radical (unpaired) electrons. The molecule has 0 bridgehead atoms. The lowest BCUT2D eigenvalue weighted by molar-refractivity contribution is 1.46. The number of H-pyrrole nitrogens is 1. The van der Waals surface area contributed by atoms with Crippen LogP contribution in [0.15, 0.2) is 85.9 Å². The van der Waals surface area contributed by atoms with E-state index in [0.29, 0.717) is 21.7 Å². The van der Waals surface area contributed by atoms with Crippen molar-refractivity contribution in [3.05, 3.63) is 113 Å². The second kappa shape index (κ2) is 6.23. The lowest BCUT2D eigenvalue weighted by atomic mass is 9.91. The second-order valence-electron chi connectivity index (χ2n) is 8.78. The summed E-state index contributed by atoms with van der Waals surface area (Å²) in [6, 6.07) is 18.9. The van der Waals surface area contributed by atoms with Gasteiger partial charge < -0.3 is 4.98 Å². The van der Waals surface area contributed by atoms with Gasteiger partial charge in [0.15, 0.2) is 21.7 Å². The number of rotatable bonds is 0. The summed E-state index contributed by atoms with van der Waals surface area (Å²) >= 11 is 0. The molecule has 0 spiro atoms. The third kappa shape index (κ3) is 2.09. The molecule has 7 rings (SSSR count). The predicted octanol–water partition coefficient (Wildman–Crippen LogP) is 4.56. The summed E-state index contributed by atoms with van der Waals surface area (Å²) in [5.41, 5.74) is 0.643. The quantitative estimate of drug-likeness (QED) is 0.276. The summed E-state index contributed by atoms with van der Waals surface area (Å²) in [4.78, 5) is 58.6. The van der Waals surface area contributed by atoms with Crippen molar-refractivity contribution in [1.82, 2.24) is 4.98 Å². The van der Waals surface area contributed by atoms with Gasteiger partial charge in [-0.05, 0) is 12.5 Å². The Labute approximate surface area is 190 Å². The number of nitrogens with one attached hydrogen (secondary N) is 1. The molecule has 34 heavy (non-hydrogen) atoms. The van der Waals surface area contributed by atoms with Gasteiger partial charge in [-0.2, -0.15) is 0 Å². The lowest BCUT2D eigenvalue weighted by Crippen LogP contribution is -2.19. The van der Waals surface area contributed by atoms with Crippen molar-refractivity contribution in [2.45, 2.75) is 6.92 Å². The largest absolute Gasteiger partial charge is 0.354 e. The number of para-hydroxylation sites is 1. The van der Waals surface area contributed by atoms with Gasteiger partial charge in [-0.15, -0.1) is 0 Å². The van der Waals surface area contributed by atoms with E-state index in [1.807, 2.05) is 25.1 Å². The zero-order valence-corrected chi connectivity index (χ0v) is 18.0. The minimum Gasteiger partial charge on any atom is -0.354 e. The van der Waals surface area contributed by atoms with Crippen LogP contribution in [0.2, 0.25) is 0 Å². The lowest BCUT2D eigenvalue weighted by Gasteiger charge is -2.08. The van der Waals surface area contributed by atoms with Gasteiger partial charge >= 0.3 is 0 Å². The summed E-state index contributed by atoms with van der Waals surface area (Å²) < 4.78 is 0. The number of hydrogen-bond donors (Lipinski definition) is 1. The van der Waals surface area contributed by atoms with E-state index in [1.165, 1.54) is 0 Å². The van der Waals surface area contributed by atoms with Gasteiger partial charge in [0, 0.05) is 54.0 Å². The Morgan fingerprint density at radius 2 is 0.853 bits per heavy atom. The third-order valence-corrected chi connectivity index (χ3v) is 7.03. The Morgan fingerprint density at radius 3 is 1.38 bits per heavy atom. The highest BCUT2D eigenvalue weighted by atomic mass is 16.1. The van der Waals surface area contributed by atoms with Crippen molar-refractivity contribution in [3.63, 3.8) is 0 Å². The topological polar surface area (TPSA) is 84.1 Å². The normalized spacial score (nSPS) is 12.1. The fourth-order valence-corrected chi connectivity index (χ4v) is 5.52. The molecule has 5 nitrogen and oxygen atoms in total. The van der Waals surface area contributed by atoms with Crippen LogP contribution in [0, 0.1) is 6.92 Å². The summed E-state index contributed by atoms with van der Waals surface area (Å²) in [5, 5.41) is 2.75. The molecule has 0 fully saturated rings. The van der Waals surface area contributed by atoms with E-state index in [1.54, 1.807) is 48.5 Å². The van der Waals surface area contributed by atoms with Crippen molar-refractivity contribution >= 4 is 64.9 Å². The zero-order valence-electron chi connectivity index (χ0n) is 18.0. The van der Waals surface area contributed by atoms with E-state index in [2.05, 4.69) is 4.98 Å². The van der Waals surface area contributed by atoms with Crippen LogP contribution >= 0.6 is 0 Å². The maximum absolute atomic E-state index is 13.9. The molecule has 0 aliphatic rings. The van der Waals surface area contributed by atoms with Crippen molar-refractivity contribution in [3.8, 4) is 0 Å². The Kier molecular flexibility index (Phi) is 3.46. The first-order valence-corrected chi connectivity index (χ1v) is 11.0. The molecule has 0 saturated heterocycles. The number of hydrogen-bond acceptors (Lipinski definition) is 4. The molecule has 1 N–H and O–H groups in total. The molecule has 1 aromatic heterocycles. The van der Waals surface area contributed by atoms with Gasteiger partial charge in [0.05, 0.1) is 10.9 Å². The standard InChI is InChI=1S/C29H15NO4/c1-13-7-6-12-18-19-20-21(27(32)15-9-3-2-8-14(15)26(20)31)22-23(25(19)30-24(13)18)29(34)17-11-5-4-10-16(17)28(22)33/h2-12,30H,1H3. The highest BCUT2D eigenvalue weighted by Crippen LogP contribution is 2.36. The molecule has 0 atom stereocenters. The number of aromatic amines is 1. The van der Waals surface area contributed by atoms with Crippen LogP contribution < -0.4 is 21.7 Å². The van der Waals surface area contributed by atoms with E-state index < -0.39 is 10.9 Å². The fraction of sp³-hybridized carbons (Fsp3) is 0.0345. The molecule has 5 heteroatoms. The van der Waals surface area contributed by atoms with Gasteiger partial charge in [-0.3, -0.25) is 19.2 Å². The summed E-state index contributed by atoms with van der Waals surface area (Å²) in [5.74, 6) is 0. The van der Waals surface area contributed by atoms with Gasteiger partial charge in [-0.1, -0.05) is 66.7 Å². The molecule has 0 aliphatic carbocycles. The molecule has 0 aliphatic heterocycles. The molecule has 0 unspecified atom stereocenters. The molecule has 160 valence electrons. The number of aromatic nitrogens is 1. The number of benzene rings is 6. The van der Waals surface area contributed by atoms with Crippen LogP contribution in [0.3, 0.4) is 0 Å². The first-order valence-electron chi connectivity index (χ1n) is 11.0. The highest BCUT2D eigenvalue weighted by molar-refractivity contribution is 6.33. The summed E-state index contributed by atoms with van der Waals surface area (Å²) in [6.07, 6.45) is 0. The molecule has 1 heterocycles. The minimum atomic E-state index is -0.417. The summed E-state index contributed by atoms with van der Waals surface area (Å²) in [6.45, 7) is 1.93. The SMILES string of the molecule is Cc1cccc2c1[nH]c1c3c(=O)c4ccccc4c(=O)c3c3c(=O)c4ccccc4c(=O)c3c21. The van der Waals surface area contributed by atoms with Gasteiger partial charge in [0.1, 0.15) is 0 Å². The van der Waals surface area contributed by atoms with Crippen molar-refractivity contribution in [2.75, 3.05) is 0 Å². The van der Waals surface area contributed by atoms with Crippen molar-refractivity contribution < 1.29 is 0 Å². The monoisotopic (exact) mass is 441 g/mol. The molecule has 6 aromatic carbocycles. The average molecular weight is 441 g/mol. The predicted molar refractivity (Wildman–Crippen MR) is 138 cm³/mol. The van der Waals surface area contributed by atoms with Crippen LogP contribution in [-0.2, 0) is 0 Å². The van der Waals surface area contributed by atoms with Crippen molar-refractivity contribution in [1.29, 1.82) is 0 Å².